The lowest BCUT2D eigenvalue weighted by Crippen LogP contribution is -2.14. The molecule has 0 aliphatic carbocycles. The van der Waals surface area contributed by atoms with Gasteiger partial charge in [-0.25, -0.2) is 0 Å². The lowest BCUT2D eigenvalue weighted by atomic mass is 10.0. The second-order valence-electron chi connectivity index (χ2n) is 5.94. The van der Waals surface area contributed by atoms with E-state index in [1.165, 1.54) is 0 Å². The number of anilines is 1. The predicted molar refractivity (Wildman–Crippen MR) is 109 cm³/mol. The molecule has 0 atom stereocenters. The van der Waals surface area contributed by atoms with Crippen molar-refractivity contribution in [2.75, 3.05) is 12.4 Å². The first-order valence-electron chi connectivity index (χ1n) is 8.29. The van der Waals surface area contributed by atoms with Crippen LogP contribution < -0.4 is 10.1 Å². The molecule has 1 N–H and O–H groups in total. The molecule has 0 fully saturated rings. The number of carbonyl (C=O) groups excluding carboxylic acids is 1. The van der Waals surface area contributed by atoms with Crippen molar-refractivity contribution in [3.05, 3.63) is 76.3 Å². The smallest absolute Gasteiger partial charge is 0.266 e. The van der Waals surface area contributed by atoms with Crippen molar-refractivity contribution in [3.63, 3.8) is 0 Å². The minimum absolute atomic E-state index is 0.00435. The number of methoxy groups -OCH3 is 1. The Morgan fingerprint density at radius 1 is 1.11 bits per heavy atom. The quantitative estimate of drug-likeness (QED) is 0.492. The molecule has 134 valence electrons. The maximum Gasteiger partial charge on any atom is 0.266 e. The Kier molecular flexibility index (Phi) is 5.44. The zero-order chi connectivity index (χ0) is 19.4. The molecule has 3 aromatic carbocycles. The minimum Gasteiger partial charge on any atom is -0.496 e. The summed E-state index contributed by atoms with van der Waals surface area (Å²) < 4.78 is 5.39. The second-order valence-corrected chi connectivity index (χ2v) is 6.35. The summed E-state index contributed by atoms with van der Waals surface area (Å²) >= 11 is 6.09. The number of fused-ring (bicyclic) bond motifs is 1. The number of halogens is 1. The Morgan fingerprint density at radius 2 is 1.85 bits per heavy atom. The normalized spacial score (nSPS) is 11.1. The van der Waals surface area contributed by atoms with Gasteiger partial charge >= 0.3 is 0 Å². The van der Waals surface area contributed by atoms with Gasteiger partial charge in [-0.15, -0.1) is 0 Å². The highest BCUT2D eigenvalue weighted by molar-refractivity contribution is 6.31. The molecule has 0 bridgehead atoms. The highest BCUT2D eigenvalue weighted by Crippen LogP contribution is 2.30. The van der Waals surface area contributed by atoms with Crippen LogP contribution >= 0.6 is 11.6 Å². The zero-order valence-electron chi connectivity index (χ0n) is 14.9. The molecule has 0 radical (unpaired) electrons. The predicted octanol–water partition coefficient (Wildman–Crippen LogP) is 5.36. The molecule has 0 heterocycles. The van der Waals surface area contributed by atoms with E-state index >= 15 is 0 Å². The van der Waals surface area contributed by atoms with E-state index in [0.717, 1.165) is 27.6 Å². The average Bonchev–Trinajstić information content (AvgIpc) is 2.69. The Hall–Kier alpha value is -3.29. The molecule has 5 heteroatoms. The fourth-order valence-electron chi connectivity index (χ4n) is 2.84. The average molecular weight is 377 g/mol. The van der Waals surface area contributed by atoms with Gasteiger partial charge in [0.2, 0.25) is 0 Å². The van der Waals surface area contributed by atoms with Gasteiger partial charge < -0.3 is 10.1 Å². The molecular formula is C22H17ClN2O2. The molecule has 3 aromatic rings. The van der Waals surface area contributed by atoms with Crippen molar-refractivity contribution in [3.8, 4) is 11.8 Å². The number of hydrogen-bond acceptors (Lipinski definition) is 3. The van der Waals surface area contributed by atoms with Crippen LogP contribution in [0.1, 0.15) is 11.1 Å². The molecule has 3 rings (SSSR count). The first kappa shape index (κ1) is 18.5. The number of ether oxygens (including phenoxy) is 1. The molecule has 0 aromatic heterocycles. The zero-order valence-corrected chi connectivity index (χ0v) is 15.7. The summed E-state index contributed by atoms with van der Waals surface area (Å²) in [7, 11) is 1.61. The lowest BCUT2D eigenvalue weighted by molar-refractivity contribution is -0.112. The van der Waals surface area contributed by atoms with Gasteiger partial charge in [0.15, 0.2) is 0 Å². The number of rotatable bonds is 4. The number of nitrogens with one attached hydrogen (secondary N) is 1. The van der Waals surface area contributed by atoms with Crippen molar-refractivity contribution >= 4 is 40.0 Å². The number of nitriles is 1. The van der Waals surface area contributed by atoms with Crippen LogP contribution in [0.2, 0.25) is 5.02 Å². The largest absolute Gasteiger partial charge is 0.496 e. The van der Waals surface area contributed by atoms with Crippen LogP contribution in [0, 0.1) is 18.3 Å². The second kappa shape index (κ2) is 7.94. The molecule has 0 saturated carbocycles. The Bertz CT molecular complexity index is 1100. The van der Waals surface area contributed by atoms with E-state index in [1.807, 2.05) is 49.4 Å². The van der Waals surface area contributed by atoms with Gasteiger partial charge in [-0.1, -0.05) is 48.0 Å². The van der Waals surface area contributed by atoms with Crippen LogP contribution in [0.5, 0.6) is 5.75 Å². The molecule has 1 amide bonds. The highest BCUT2D eigenvalue weighted by Gasteiger charge is 2.13. The van der Waals surface area contributed by atoms with Crippen molar-refractivity contribution in [2.24, 2.45) is 0 Å². The van der Waals surface area contributed by atoms with Crippen molar-refractivity contribution in [1.82, 2.24) is 0 Å². The van der Waals surface area contributed by atoms with E-state index in [0.29, 0.717) is 10.7 Å². The molecule has 0 aliphatic heterocycles. The molecule has 0 aliphatic rings. The molecule has 4 nitrogen and oxygen atoms in total. The lowest BCUT2D eigenvalue weighted by Gasteiger charge is -2.10. The highest BCUT2D eigenvalue weighted by atomic mass is 35.5. The van der Waals surface area contributed by atoms with Crippen LogP contribution in [-0.4, -0.2) is 13.0 Å². The van der Waals surface area contributed by atoms with E-state index in [1.54, 1.807) is 31.4 Å². The third-order valence-electron chi connectivity index (χ3n) is 4.32. The van der Waals surface area contributed by atoms with E-state index in [-0.39, 0.29) is 5.57 Å². The maximum absolute atomic E-state index is 12.6. The van der Waals surface area contributed by atoms with Crippen molar-refractivity contribution in [1.29, 1.82) is 5.26 Å². The van der Waals surface area contributed by atoms with E-state index in [4.69, 9.17) is 16.3 Å². The fourth-order valence-corrected chi connectivity index (χ4v) is 3.01. The molecule has 0 saturated heterocycles. The third kappa shape index (κ3) is 3.79. The van der Waals surface area contributed by atoms with Gasteiger partial charge in [0, 0.05) is 16.1 Å². The van der Waals surface area contributed by atoms with E-state index in [2.05, 4.69) is 5.32 Å². The van der Waals surface area contributed by atoms with Crippen molar-refractivity contribution in [2.45, 2.75) is 6.92 Å². The number of amides is 1. The van der Waals surface area contributed by atoms with Crippen LogP contribution in [-0.2, 0) is 4.79 Å². The van der Waals surface area contributed by atoms with Gasteiger partial charge in [-0.3, -0.25) is 4.79 Å². The summed E-state index contributed by atoms with van der Waals surface area (Å²) in [5.74, 6) is 0.253. The van der Waals surface area contributed by atoms with Gasteiger partial charge in [-0.05, 0) is 47.7 Å². The Morgan fingerprint density at radius 3 is 2.56 bits per heavy atom. The number of carbonyl (C=O) groups is 1. The van der Waals surface area contributed by atoms with E-state index < -0.39 is 5.91 Å². The third-order valence-corrected chi connectivity index (χ3v) is 4.73. The van der Waals surface area contributed by atoms with Crippen molar-refractivity contribution < 1.29 is 9.53 Å². The SMILES string of the molecule is COc1ccc(C=C(C#N)C(=O)Nc2cccc(Cl)c2C)c2ccccc12. The van der Waals surface area contributed by atoms with E-state index in [9.17, 15) is 10.1 Å². The Labute approximate surface area is 162 Å². The maximum atomic E-state index is 12.6. The topological polar surface area (TPSA) is 62.1 Å². The number of hydrogen-bond donors (Lipinski definition) is 1. The fraction of sp³-hybridized carbons (Fsp3) is 0.0909. The summed E-state index contributed by atoms with van der Waals surface area (Å²) in [5, 5.41) is 14.6. The summed E-state index contributed by atoms with van der Waals surface area (Å²) in [5.41, 5.74) is 2.10. The Balaban J connectivity index is 2.00. The first-order chi connectivity index (χ1) is 13.0. The van der Waals surface area contributed by atoms with Crippen LogP contribution in [0.25, 0.3) is 16.8 Å². The molecule has 0 unspecified atom stereocenters. The van der Waals surface area contributed by atoms with Gasteiger partial charge in [-0.2, -0.15) is 5.26 Å². The van der Waals surface area contributed by atoms with Gasteiger partial charge in [0.25, 0.3) is 5.91 Å². The van der Waals surface area contributed by atoms with Crippen LogP contribution in [0.4, 0.5) is 5.69 Å². The van der Waals surface area contributed by atoms with Crippen LogP contribution in [0.3, 0.4) is 0 Å². The summed E-state index contributed by atoms with van der Waals surface area (Å²) in [6, 6.07) is 18.6. The number of nitrogens with zero attached hydrogens (tertiary/aromatic N) is 1. The van der Waals surface area contributed by atoms with Gasteiger partial charge in [0.05, 0.1) is 7.11 Å². The van der Waals surface area contributed by atoms with Gasteiger partial charge in [0.1, 0.15) is 17.4 Å². The standard InChI is InChI=1S/C22H17ClN2O2/c1-14-19(23)8-5-9-20(14)25-22(26)16(13-24)12-15-10-11-21(27-2)18-7-4-3-6-17(15)18/h3-12H,1-2H3,(H,25,26). The summed E-state index contributed by atoms with van der Waals surface area (Å²) in [6.07, 6.45) is 1.58. The number of benzene rings is 3. The van der Waals surface area contributed by atoms with Crippen LogP contribution in [0.15, 0.2) is 60.2 Å². The summed E-state index contributed by atoms with van der Waals surface area (Å²) in [6.45, 7) is 1.81. The molecular weight excluding hydrogens is 360 g/mol. The first-order valence-corrected chi connectivity index (χ1v) is 8.67. The minimum atomic E-state index is -0.484. The monoisotopic (exact) mass is 376 g/mol. The molecule has 0 spiro atoms. The summed E-state index contributed by atoms with van der Waals surface area (Å²) in [4.78, 5) is 12.6. The molecule has 27 heavy (non-hydrogen) atoms.